The Morgan fingerprint density at radius 3 is 1.12 bits per heavy atom. The van der Waals surface area contributed by atoms with Crippen molar-refractivity contribution in [3.8, 4) is 0 Å². The van der Waals surface area contributed by atoms with Gasteiger partial charge in [0.05, 0.1) is 18.6 Å². The Labute approximate surface area is 111 Å². The molecule has 0 bridgehead atoms. The average molecular weight is 275 g/mol. The minimum absolute atomic E-state index is 0.194. The van der Waals surface area contributed by atoms with Gasteiger partial charge in [0.2, 0.25) is 0 Å². The first-order valence-electron chi connectivity index (χ1n) is 5.27. The standard InChI is InChI=1S/C10H22O.CH2Cl2.CH4O/c1-9(2,3)7-11-8-10(4,5)6;2-1-3;1-2/h7-8H2,1-6H3;1H2;2H,1H3. The molecule has 0 aromatic carbocycles. The van der Waals surface area contributed by atoms with Crippen molar-refractivity contribution in [1.82, 2.24) is 0 Å². The van der Waals surface area contributed by atoms with E-state index in [4.69, 9.17) is 33.0 Å². The summed E-state index contributed by atoms with van der Waals surface area (Å²) in [5.74, 6) is 0. The zero-order valence-corrected chi connectivity index (χ0v) is 13.2. The number of hydrogen-bond acceptors (Lipinski definition) is 2. The van der Waals surface area contributed by atoms with Crippen LogP contribution in [0.3, 0.4) is 0 Å². The normalized spacial score (nSPS) is 10.9. The Kier molecular flexibility index (Phi) is 16.3. The molecule has 0 heterocycles. The second-order valence-corrected chi connectivity index (χ2v) is 6.52. The van der Waals surface area contributed by atoms with Crippen LogP contribution in [-0.4, -0.2) is 30.8 Å². The molecule has 0 aliphatic rings. The largest absolute Gasteiger partial charge is 0.400 e. The summed E-state index contributed by atoms with van der Waals surface area (Å²) >= 11 is 9.53. The summed E-state index contributed by atoms with van der Waals surface area (Å²) < 4.78 is 5.56. The van der Waals surface area contributed by atoms with E-state index >= 15 is 0 Å². The number of alkyl halides is 2. The topological polar surface area (TPSA) is 29.5 Å². The molecule has 0 atom stereocenters. The van der Waals surface area contributed by atoms with Crippen LogP contribution >= 0.6 is 23.2 Å². The molecular weight excluding hydrogens is 247 g/mol. The molecule has 0 rings (SSSR count). The van der Waals surface area contributed by atoms with Crippen LogP contribution in [0.2, 0.25) is 0 Å². The van der Waals surface area contributed by atoms with Gasteiger partial charge in [0.1, 0.15) is 0 Å². The molecule has 0 amide bonds. The lowest BCUT2D eigenvalue weighted by Crippen LogP contribution is -2.21. The van der Waals surface area contributed by atoms with Gasteiger partial charge in [0, 0.05) is 7.11 Å². The summed E-state index contributed by atoms with van der Waals surface area (Å²) in [5.41, 5.74) is 0.594. The van der Waals surface area contributed by atoms with Gasteiger partial charge < -0.3 is 9.84 Å². The molecule has 16 heavy (non-hydrogen) atoms. The molecule has 4 heteroatoms. The third-order valence-corrected chi connectivity index (χ3v) is 1.07. The van der Waals surface area contributed by atoms with Crippen molar-refractivity contribution >= 4 is 23.2 Å². The SMILES string of the molecule is CC(C)(C)COCC(C)(C)C.CO.ClCCl. The van der Waals surface area contributed by atoms with Gasteiger partial charge in [0.15, 0.2) is 0 Å². The summed E-state index contributed by atoms with van der Waals surface area (Å²) in [6, 6.07) is 0. The number of aliphatic hydroxyl groups excluding tert-OH is 1. The van der Waals surface area contributed by atoms with Gasteiger partial charge in [-0.1, -0.05) is 41.5 Å². The van der Waals surface area contributed by atoms with E-state index in [1.807, 2.05) is 0 Å². The molecule has 0 saturated carbocycles. The average Bonchev–Trinajstić information content (AvgIpc) is 2.04. The molecular formula is C12H28Cl2O2. The van der Waals surface area contributed by atoms with E-state index in [2.05, 4.69) is 41.5 Å². The van der Waals surface area contributed by atoms with Crippen molar-refractivity contribution in [1.29, 1.82) is 0 Å². The highest BCUT2D eigenvalue weighted by Gasteiger charge is 2.14. The van der Waals surface area contributed by atoms with E-state index in [9.17, 15) is 0 Å². The first-order valence-corrected chi connectivity index (χ1v) is 6.34. The molecule has 0 spiro atoms. The van der Waals surface area contributed by atoms with Gasteiger partial charge in [-0.05, 0) is 10.8 Å². The van der Waals surface area contributed by atoms with Crippen LogP contribution < -0.4 is 0 Å². The van der Waals surface area contributed by atoms with Crippen LogP contribution in [0.25, 0.3) is 0 Å². The summed E-state index contributed by atoms with van der Waals surface area (Å²) in [4.78, 5) is 0. The Bertz CT molecular complexity index is 112. The van der Waals surface area contributed by atoms with Crippen LogP contribution in [-0.2, 0) is 4.74 Å². The maximum Gasteiger partial charge on any atom is 0.0967 e. The van der Waals surface area contributed by atoms with Crippen LogP contribution in [0.1, 0.15) is 41.5 Å². The van der Waals surface area contributed by atoms with Gasteiger partial charge in [-0.15, -0.1) is 23.2 Å². The summed E-state index contributed by atoms with van der Waals surface area (Å²) in [7, 11) is 1.00. The number of halogens is 2. The van der Waals surface area contributed by atoms with E-state index in [0.29, 0.717) is 10.8 Å². The Hall–Kier alpha value is 0.500. The van der Waals surface area contributed by atoms with Crippen molar-refractivity contribution in [2.24, 2.45) is 10.8 Å². The maximum atomic E-state index is 7.00. The van der Waals surface area contributed by atoms with Crippen molar-refractivity contribution in [3.63, 3.8) is 0 Å². The van der Waals surface area contributed by atoms with Gasteiger partial charge in [0.25, 0.3) is 0 Å². The molecule has 0 unspecified atom stereocenters. The predicted molar refractivity (Wildman–Crippen MR) is 74.4 cm³/mol. The van der Waals surface area contributed by atoms with Gasteiger partial charge in [-0.2, -0.15) is 0 Å². The molecule has 102 valence electrons. The molecule has 0 fully saturated rings. The highest BCUT2D eigenvalue weighted by Crippen LogP contribution is 2.17. The van der Waals surface area contributed by atoms with E-state index < -0.39 is 0 Å². The second-order valence-electron chi connectivity index (χ2n) is 5.72. The van der Waals surface area contributed by atoms with Gasteiger partial charge in [-0.3, -0.25) is 0 Å². The lowest BCUT2D eigenvalue weighted by atomic mass is 9.97. The smallest absolute Gasteiger partial charge is 0.0967 e. The minimum Gasteiger partial charge on any atom is -0.400 e. The van der Waals surface area contributed by atoms with Gasteiger partial charge in [-0.25, -0.2) is 0 Å². The molecule has 0 aromatic heterocycles. The monoisotopic (exact) mass is 274 g/mol. The van der Waals surface area contributed by atoms with Crippen molar-refractivity contribution < 1.29 is 9.84 Å². The van der Waals surface area contributed by atoms with Crippen LogP contribution in [0.15, 0.2) is 0 Å². The third-order valence-electron chi connectivity index (χ3n) is 1.07. The Balaban J connectivity index is -0.000000289. The van der Waals surface area contributed by atoms with Crippen molar-refractivity contribution in [2.75, 3.05) is 25.7 Å². The lowest BCUT2D eigenvalue weighted by molar-refractivity contribution is 0.0275. The van der Waals surface area contributed by atoms with E-state index in [1.54, 1.807) is 0 Å². The van der Waals surface area contributed by atoms with Crippen LogP contribution in [0.5, 0.6) is 0 Å². The third kappa shape index (κ3) is 36.6. The van der Waals surface area contributed by atoms with E-state index in [1.165, 1.54) is 0 Å². The van der Waals surface area contributed by atoms with Gasteiger partial charge >= 0.3 is 0 Å². The Morgan fingerprint density at radius 1 is 0.812 bits per heavy atom. The lowest BCUT2D eigenvalue weighted by Gasteiger charge is -2.23. The molecule has 0 saturated heterocycles. The second kappa shape index (κ2) is 12.0. The fourth-order valence-electron chi connectivity index (χ4n) is 0.663. The first kappa shape index (κ1) is 21.8. The highest BCUT2D eigenvalue weighted by atomic mass is 35.5. The molecule has 0 aromatic rings. The number of ether oxygens (including phenoxy) is 1. The number of hydrogen-bond donors (Lipinski definition) is 1. The summed E-state index contributed by atoms with van der Waals surface area (Å²) in [6.45, 7) is 14.8. The van der Waals surface area contributed by atoms with E-state index in [0.717, 1.165) is 20.3 Å². The van der Waals surface area contributed by atoms with Crippen molar-refractivity contribution in [2.45, 2.75) is 41.5 Å². The van der Waals surface area contributed by atoms with E-state index in [-0.39, 0.29) is 5.34 Å². The molecule has 0 radical (unpaired) electrons. The maximum absolute atomic E-state index is 7.00. The quantitative estimate of drug-likeness (QED) is 0.768. The molecule has 0 aliphatic carbocycles. The summed E-state index contributed by atoms with van der Waals surface area (Å²) in [6.07, 6.45) is 0. The summed E-state index contributed by atoms with van der Waals surface area (Å²) in [5, 5.41) is 7.19. The molecule has 1 N–H and O–H groups in total. The molecule has 0 aliphatic heterocycles. The Morgan fingerprint density at radius 2 is 1.00 bits per heavy atom. The predicted octanol–water partition coefficient (Wildman–Crippen LogP) is 4.13. The zero-order chi connectivity index (χ0) is 13.8. The minimum atomic E-state index is 0.194. The highest BCUT2D eigenvalue weighted by molar-refractivity contribution is 6.40. The fourth-order valence-corrected chi connectivity index (χ4v) is 0.663. The fraction of sp³-hybridized carbons (Fsp3) is 1.00. The zero-order valence-electron chi connectivity index (χ0n) is 11.7. The number of rotatable bonds is 2. The first-order chi connectivity index (χ1) is 7.12. The van der Waals surface area contributed by atoms with Crippen LogP contribution in [0, 0.1) is 10.8 Å². The number of aliphatic hydroxyl groups is 1. The van der Waals surface area contributed by atoms with Crippen LogP contribution in [0.4, 0.5) is 0 Å². The molecule has 2 nitrogen and oxygen atoms in total. The van der Waals surface area contributed by atoms with Crippen molar-refractivity contribution in [3.05, 3.63) is 0 Å².